The molecule has 8 heteroatoms. The van der Waals surface area contributed by atoms with Gasteiger partial charge in [-0.3, -0.25) is 9.89 Å². The molecule has 1 saturated heterocycles. The van der Waals surface area contributed by atoms with Crippen LogP contribution < -0.4 is 4.90 Å². The van der Waals surface area contributed by atoms with Gasteiger partial charge in [-0.15, -0.1) is 5.10 Å². The number of nitrogens with one attached hydrogen (secondary N) is 1. The number of piperidine rings is 1. The third kappa shape index (κ3) is 3.41. The highest BCUT2D eigenvalue weighted by Gasteiger charge is 2.33. The molecule has 0 saturated carbocycles. The minimum Gasteiger partial charge on any atom is -0.369 e. The molecule has 0 unspecified atom stereocenters. The van der Waals surface area contributed by atoms with Crippen LogP contribution in [0.25, 0.3) is 0 Å². The van der Waals surface area contributed by atoms with E-state index in [-0.39, 0.29) is 24.2 Å². The first-order chi connectivity index (χ1) is 13.0. The fraction of sp³-hybridized carbons (Fsp3) is 0.579. The Bertz CT molecular complexity index is 800. The topological polar surface area (TPSA) is 87.2 Å². The average molecular weight is 370 g/mol. The molecule has 1 amide bonds. The molecule has 4 heterocycles. The molecule has 0 spiro atoms. The molecular weight excluding hydrogens is 344 g/mol. The number of nitrogens with zero attached hydrogens (tertiary/aromatic N) is 5. The number of carbonyl (C=O) groups is 1. The molecule has 2 atom stereocenters. The van der Waals surface area contributed by atoms with Crippen molar-refractivity contribution in [1.29, 1.82) is 0 Å². The normalized spacial score (nSPS) is 23.1. The van der Waals surface area contributed by atoms with E-state index in [0.717, 1.165) is 49.4 Å². The first-order valence-electron chi connectivity index (χ1n) is 9.57. The van der Waals surface area contributed by atoms with Gasteiger partial charge < -0.3 is 14.5 Å². The Kier molecular flexibility index (Phi) is 4.82. The summed E-state index contributed by atoms with van der Waals surface area (Å²) in [6.45, 7) is 5.75. The third-order valence-electron chi connectivity index (χ3n) is 5.65. The quantitative estimate of drug-likeness (QED) is 0.889. The fourth-order valence-electron chi connectivity index (χ4n) is 4.13. The lowest BCUT2D eigenvalue weighted by atomic mass is 9.98. The molecule has 144 valence electrons. The molecule has 2 aliphatic heterocycles. The van der Waals surface area contributed by atoms with Crippen molar-refractivity contribution < 1.29 is 9.53 Å². The number of anilines is 1. The zero-order chi connectivity index (χ0) is 19.0. The number of hydrogen-bond donors (Lipinski definition) is 1. The van der Waals surface area contributed by atoms with Crippen molar-refractivity contribution >= 4 is 11.7 Å². The summed E-state index contributed by atoms with van der Waals surface area (Å²) >= 11 is 0. The van der Waals surface area contributed by atoms with Crippen molar-refractivity contribution in [3.63, 3.8) is 0 Å². The number of carbonyl (C=O) groups excluding carboxylic acids is 1. The van der Waals surface area contributed by atoms with Crippen LogP contribution in [0, 0.1) is 0 Å². The van der Waals surface area contributed by atoms with E-state index in [0.29, 0.717) is 5.69 Å². The summed E-state index contributed by atoms with van der Waals surface area (Å²) in [5.74, 6) is 0.890. The van der Waals surface area contributed by atoms with Gasteiger partial charge in [-0.25, -0.2) is 0 Å². The lowest BCUT2D eigenvalue weighted by Gasteiger charge is -2.37. The molecule has 4 rings (SSSR count). The van der Waals surface area contributed by atoms with Gasteiger partial charge in [-0.2, -0.15) is 10.2 Å². The summed E-state index contributed by atoms with van der Waals surface area (Å²) in [5, 5.41) is 15.5. The van der Waals surface area contributed by atoms with E-state index in [4.69, 9.17) is 4.74 Å². The largest absolute Gasteiger partial charge is 0.369 e. The van der Waals surface area contributed by atoms with Gasteiger partial charge in [0.15, 0.2) is 11.5 Å². The highest BCUT2D eigenvalue weighted by atomic mass is 16.5. The zero-order valence-corrected chi connectivity index (χ0v) is 16.1. The Labute approximate surface area is 158 Å². The van der Waals surface area contributed by atoms with E-state index in [1.807, 2.05) is 37.9 Å². The Morgan fingerprint density at radius 1 is 1.33 bits per heavy atom. The molecule has 1 fully saturated rings. The smallest absolute Gasteiger partial charge is 0.274 e. The van der Waals surface area contributed by atoms with Crippen LogP contribution in [-0.4, -0.2) is 63.5 Å². The van der Waals surface area contributed by atoms with Gasteiger partial charge in [0.25, 0.3) is 5.91 Å². The summed E-state index contributed by atoms with van der Waals surface area (Å²) < 4.78 is 5.82. The number of amides is 1. The zero-order valence-electron chi connectivity index (χ0n) is 16.1. The molecule has 2 aromatic rings. The van der Waals surface area contributed by atoms with Crippen molar-refractivity contribution in [1.82, 2.24) is 25.3 Å². The van der Waals surface area contributed by atoms with Crippen LogP contribution in [0.3, 0.4) is 0 Å². The Balaban J connectivity index is 1.44. The molecule has 2 aromatic heterocycles. The lowest BCUT2D eigenvalue weighted by Crippen LogP contribution is -2.46. The molecule has 0 aliphatic carbocycles. The van der Waals surface area contributed by atoms with Crippen LogP contribution >= 0.6 is 0 Å². The predicted molar refractivity (Wildman–Crippen MR) is 101 cm³/mol. The third-order valence-corrected chi connectivity index (χ3v) is 5.65. The van der Waals surface area contributed by atoms with E-state index < -0.39 is 0 Å². The maximum absolute atomic E-state index is 13.1. The SMILES string of the molecule is C[C@@H]1Cc2c(C(=O)N(C)C3CCN(c4cccnn4)CC3)n[nH]c2[C@H](C)O1. The second-order valence-corrected chi connectivity index (χ2v) is 7.47. The molecule has 0 radical (unpaired) electrons. The monoisotopic (exact) mass is 370 g/mol. The number of fused-ring (bicyclic) bond motifs is 1. The Hall–Kier alpha value is -2.48. The number of ether oxygens (including phenoxy) is 1. The van der Waals surface area contributed by atoms with Gasteiger partial charge in [0.05, 0.1) is 17.9 Å². The summed E-state index contributed by atoms with van der Waals surface area (Å²) in [7, 11) is 1.89. The average Bonchev–Trinajstić information content (AvgIpc) is 3.12. The molecule has 2 aliphatic rings. The van der Waals surface area contributed by atoms with Crippen molar-refractivity contribution in [2.45, 2.75) is 51.4 Å². The van der Waals surface area contributed by atoms with Gasteiger partial charge >= 0.3 is 0 Å². The Morgan fingerprint density at radius 2 is 2.11 bits per heavy atom. The van der Waals surface area contributed by atoms with Gasteiger partial charge in [-0.1, -0.05) is 0 Å². The van der Waals surface area contributed by atoms with Gasteiger partial charge in [0, 0.05) is 44.4 Å². The first-order valence-corrected chi connectivity index (χ1v) is 9.57. The predicted octanol–water partition coefficient (Wildman–Crippen LogP) is 1.96. The van der Waals surface area contributed by atoms with E-state index in [2.05, 4.69) is 25.3 Å². The molecule has 1 N–H and O–H groups in total. The highest BCUT2D eigenvalue weighted by Crippen LogP contribution is 2.31. The standard InChI is InChI=1S/C19H26N6O2/c1-12-11-15-17(13(2)27-12)22-23-18(15)19(26)24(3)14-6-9-25(10-7-14)16-5-4-8-20-21-16/h4-5,8,12-14H,6-7,9-11H2,1-3H3,(H,22,23)/t12-,13+/m1/s1. The van der Waals surface area contributed by atoms with E-state index >= 15 is 0 Å². The second kappa shape index (κ2) is 7.26. The number of hydrogen-bond acceptors (Lipinski definition) is 6. The van der Waals surface area contributed by atoms with Crippen molar-refractivity contribution in [2.75, 3.05) is 25.0 Å². The fourth-order valence-corrected chi connectivity index (χ4v) is 4.13. The van der Waals surface area contributed by atoms with Crippen LogP contribution in [0.1, 0.15) is 54.5 Å². The number of H-pyrrole nitrogens is 1. The van der Waals surface area contributed by atoms with Gasteiger partial charge in [-0.05, 0) is 38.8 Å². The lowest BCUT2D eigenvalue weighted by molar-refractivity contribution is -0.00703. The number of aromatic amines is 1. The first kappa shape index (κ1) is 17.9. The second-order valence-electron chi connectivity index (χ2n) is 7.47. The molecule has 0 bridgehead atoms. The molecule has 0 aromatic carbocycles. The Morgan fingerprint density at radius 3 is 2.81 bits per heavy atom. The van der Waals surface area contributed by atoms with E-state index in [1.54, 1.807) is 6.20 Å². The summed E-state index contributed by atoms with van der Waals surface area (Å²) in [6, 6.07) is 4.08. The van der Waals surface area contributed by atoms with Gasteiger partial charge in [0.1, 0.15) is 0 Å². The van der Waals surface area contributed by atoms with Crippen molar-refractivity contribution in [2.24, 2.45) is 0 Å². The maximum Gasteiger partial charge on any atom is 0.274 e. The van der Waals surface area contributed by atoms with Crippen LogP contribution in [0.4, 0.5) is 5.82 Å². The van der Waals surface area contributed by atoms with Gasteiger partial charge in [0.2, 0.25) is 0 Å². The summed E-state index contributed by atoms with van der Waals surface area (Å²) in [4.78, 5) is 17.2. The van der Waals surface area contributed by atoms with E-state index in [9.17, 15) is 4.79 Å². The highest BCUT2D eigenvalue weighted by molar-refractivity contribution is 5.94. The van der Waals surface area contributed by atoms with Crippen LogP contribution in [0.15, 0.2) is 18.3 Å². The summed E-state index contributed by atoms with van der Waals surface area (Å²) in [6.07, 6.45) is 4.24. The molecule has 27 heavy (non-hydrogen) atoms. The van der Waals surface area contributed by atoms with Crippen LogP contribution in [-0.2, 0) is 11.2 Å². The van der Waals surface area contributed by atoms with Crippen LogP contribution in [0.2, 0.25) is 0 Å². The maximum atomic E-state index is 13.1. The number of aromatic nitrogens is 4. The molecule has 8 nitrogen and oxygen atoms in total. The van der Waals surface area contributed by atoms with Crippen molar-refractivity contribution in [3.05, 3.63) is 35.3 Å². The molecular formula is C19H26N6O2. The van der Waals surface area contributed by atoms with Crippen LogP contribution in [0.5, 0.6) is 0 Å². The summed E-state index contributed by atoms with van der Waals surface area (Å²) in [5.41, 5.74) is 2.49. The van der Waals surface area contributed by atoms with E-state index in [1.165, 1.54) is 0 Å². The number of rotatable bonds is 3. The minimum absolute atomic E-state index is 0.00764. The van der Waals surface area contributed by atoms with Crippen molar-refractivity contribution in [3.8, 4) is 0 Å². The minimum atomic E-state index is -0.0571.